The molecule has 0 saturated heterocycles. The number of anilines is 1. The van der Waals surface area contributed by atoms with Gasteiger partial charge in [0.05, 0.1) is 5.69 Å². The molecule has 2 rings (SSSR count). The van der Waals surface area contributed by atoms with Gasteiger partial charge in [-0.15, -0.1) is 0 Å². The van der Waals surface area contributed by atoms with Crippen molar-refractivity contribution in [2.24, 2.45) is 16.9 Å². The molecule has 1 aliphatic heterocycles. The second-order valence-corrected chi connectivity index (χ2v) is 11.7. The normalized spacial score (nSPS) is 17.4. The Bertz CT molecular complexity index is 862. The second kappa shape index (κ2) is 15.8. The van der Waals surface area contributed by atoms with Crippen molar-refractivity contribution in [1.82, 2.24) is 10.6 Å². The fraction of sp³-hybridized carbons (Fsp3) is 0.710. The highest BCUT2D eigenvalue weighted by atomic mass is 16.2. The third-order valence-corrected chi connectivity index (χ3v) is 7.19. The van der Waals surface area contributed by atoms with Gasteiger partial charge in [0.25, 0.3) is 5.91 Å². The Balaban J connectivity index is 2.10. The van der Waals surface area contributed by atoms with Gasteiger partial charge in [0, 0.05) is 19.5 Å². The number of carbonyl (C=O) groups is 2. The third kappa shape index (κ3) is 10.1. The number of hydrogen-bond acceptors (Lipinski definition) is 4. The smallest absolute Gasteiger partial charge is 0.267 e. The first-order chi connectivity index (χ1) is 17.7. The first-order valence-electron chi connectivity index (χ1n) is 14.7. The molecule has 6 heteroatoms. The number of hydrogen-bond donors (Lipinski definition) is 2. The van der Waals surface area contributed by atoms with Gasteiger partial charge in [-0.2, -0.15) is 5.10 Å². The average molecular weight is 513 g/mol. The Morgan fingerprint density at radius 1 is 0.892 bits per heavy atom. The Kier molecular flexibility index (Phi) is 13.2. The van der Waals surface area contributed by atoms with Crippen LogP contribution in [0.3, 0.4) is 0 Å². The molecule has 1 heterocycles. The molecular formula is C31H52N4O2. The van der Waals surface area contributed by atoms with Gasteiger partial charge in [-0.25, -0.2) is 5.01 Å². The molecule has 0 aliphatic carbocycles. The van der Waals surface area contributed by atoms with Crippen LogP contribution in [0.25, 0.3) is 0 Å². The molecule has 1 aromatic carbocycles. The number of rotatable bonds is 17. The van der Waals surface area contributed by atoms with Crippen molar-refractivity contribution in [1.29, 1.82) is 0 Å². The molecule has 2 amide bonds. The lowest BCUT2D eigenvalue weighted by Crippen LogP contribution is -2.53. The number of hydrazone groups is 1. The van der Waals surface area contributed by atoms with Crippen LogP contribution in [-0.4, -0.2) is 36.2 Å². The van der Waals surface area contributed by atoms with Crippen molar-refractivity contribution < 1.29 is 9.59 Å². The molecule has 1 atom stereocenters. The Morgan fingerprint density at radius 2 is 1.49 bits per heavy atom. The molecule has 208 valence electrons. The van der Waals surface area contributed by atoms with Crippen LogP contribution in [0.15, 0.2) is 29.4 Å². The van der Waals surface area contributed by atoms with Crippen LogP contribution in [0.2, 0.25) is 0 Å². The molecule has 0 fully saturated rings. The highest BCUT2D eigenvalue weighted by Crippen LogP contribution is 2.34. The van der Waals surface area contributed by atoms with Crippen LogP contribution >= 0.6 is 0 Å². The van der Waals surface area contributed by atoms with Gasteiger partial charge in [-0.3, -0.25) is 9.59 Å². The SMILES string of the molecule is CCCCCc1ccc(N2N=C(C(=O)NCCCCC(C)C)CC2(C)C(=O)NCCCCC(C)C)cc1. The van der Waals surface area contributed by atoms with E-state index < -0.39 is 5.54 Å². The summed E-state index contributed by atoms with van der Waals surface area (Å²) in [6, 6.07) is 8.31. The molecular weight excluding hydrogens is 460 g/mol. The van der Waals surface area contributed by atoms with Gasteiger partial charge in [0.15, 0.2) is 0 Å². The minimum Gasteiger partial charge on any atom is -0.354 e. The molecule has 2 N–H and O–H groups in total. The number of nitrogens with zero attached hydrogens (tertiary/aromatic N) is 2. The molecule has 0 bridgehead atoms. The number of carbonyl (C=O) groups excluding carboxylic acids is 2. The molecule has 0 radical (unpaired) electrons. The maximum Gasteiger partial charge on any atom is 0.267 e. The zero-order valence-electron chi connectivity index (χ0n) is 24.4. The van der Waals surface area contributed by atoms with E-state index in [2.05, 4.69) is 57.4 Å². The molecule has 6 nitrogen and oxygen atoms in total. The summed E-state index contributed by atoms with van der Waals surface area (Å²) < 4.78 is 0. The first-order valence-corrected chi connectivity index (χ1v) is 14.7. The predicted molar refractivity (Wildman–Crippen MR) is 156 cm³/mol. The van der Waals surface area contributed by atoms with Crippen molar-refractivity contribution >= 4 is 23.2 Å². The van der Waals surface area contributed by atoms with Crippen molar-refractivity contribution in [3.8, 4) is 0 Å². The summed E-state index contributed by atoms with van der Waals surface area (Å²) in [6.45, 7) is 14.3. The highest BCUT2D eigenvalue weighted by Gasteiger charge is 2.47. The van der Waals surface area contributed by atoms with Crippen LogP contribution in [0, 0.1) is 11.8 Å². The molecule has 1 aromatic rings. The van der Waals surface area contributed by atoms with Gasteiger partial charge >= 0.3 is 0 Å². The van der Waals surface area contributed by atoms with Gasteiger partial charge in [0.1, 0.15) is 11.3 Å². The molecule has 0 aromatic heterocycles. The van der Waals surface area contributed by atoms with Crippen LogP contribution in [0.4, 0.5) is 5.69 Å². The van der Waals surface area contributed by atoms with E-state index in [1.807, 2.05) is 19.1 Å². The lowest BCUT2D eigenvalue weighted by atomic mass is 9.93. The van der Waals surface area contributed by atoms with E-state index in [1.165, 1.54) is 24.8 Å². The standard InChI is InChI=1S/C31H52N4O2/c1-7-8-9-16-26-17-19-27(20-18-26)35-31(6,30(37)33-22-13-11-15-25(4)5)23-28(34-35)29(36)32-21-12-10-14-24(2)3/h17-20,24-25H,7-16,21-23H2,1-6H3,(H,32,36)(H,33,37). The van der Waals surface area contributed by atoms with E-state index in [-0.39, 0.29) is 11.8 Å². The summed E-state index contributed by atoms with van der Waals surface area (Å²) in [5.74, 6) is 1.10. The number of unbranched alkanes of at least 4 members (excludes halogenated alkanes) is 4. The van der Waals surface area contributed by atoms with E-state index in [9.17, 15) is 9.59 Å². The summed E-state index contributed by atoms with van der Waals surface area (Å²) in [6.07, 6.45) is 11.4. The van der Waals surface area contributed by atoms with Crippen LogP contribution in [0.1, 0.15) is 111 Å². The van der Waals surface area contributed by atoms with E-state index in [0.717, 1.165) is 50.6 Å². The summed E-state index contributed by atoms with van der Waals surface area (Å²) in [5.41, 5.74) is 1.62. The maximum atomic E-state index is 13.5. The first kappa shape index (κ1) is 30.9. The van der Waals surface area contributed by atoms with Crippen molar-refractivity contribution in [3.05, 3.63) is 29.8 Å². The minimum absolute atomic E-state index is 0.0763. The molecule has 1 aliphatic rings. The lowest BCUT2D eigenvalue weighted by molar-refractivity contribution is -0.125. The average Bonchev–Trinajstić information content (AvgIpc) is 3.22. The molecule has 0 saturated carbocycles. The maximum absolute atomic E-state index is 13.5. The van der Waals surface area contributed by atoms with Gasteiger partial charge in [-0.1, -0.05) is 85.3 Å². The number of amides is 2. The number of benzene rings is 1. The zero-order valence-corrected chi connectivity index (χ0v) is 24.4. The van der Waals surface area contributed by atoms with Gasteiger partial charge < -0.3 is 10.6 Å². The topological polar surface area (TPSA) is 73.8 Å². The minimum atomic E-state index is -0.938. The summed E-state index contributed by atoms with van der Waals surface area (Å²) in [4.78, 5) is 26.5. The summed E-state index contributed by atoms with van der Waals surface area (Å²) in [5, 5.41) is 12.6. The summed E-state index contributed by atoms with van der Waals surface area (Å²) >= 11 is 0. The van der Waals surface area contributed by atoms with E-state index in [1.54, 1.807) is 5.01 Å². The fourth-order valence-corrected chi connectivity index (χ4v) is 4.75. The quantitative estimate of drug-likeness (QED) is 0.230. The fourth-order valence-electron chi connectivity index (χ4n) is 4.75. The van der Waals surface area contributed by atoms with Crippen LogP contribution < -0.4 is 15.6 Å². The van der Waals surface area contributed by atoms with Crippen LogP contribution in [0.5, 0.6) is 0 Å². The molecule has 0 spiro atoms. The summed E-state index contributed by atoms with van der Waals surface area (Å²) in [7, 11) is 0. The Hall–Kier alpha value is -2.37. The molecule has 37 heavy (non-hydrogen) atoms. The molecule has 1 unspecified atom stereocenters. The van der Waals surface area contributed by atoms with Gasteiger partial charge in [0.2, 0.25) is 5.91 Å². The van der Waals surface area contributed by atoms with E-state index >= 15 is 0 Å². The largest absolute Gasteiger partial charge is 0.354 e. The monoisotopic (exact) mass is 512 g/mol. The van der Waals surface area contributed by atoms with E-state index in [4.69, 9.17) is 5.10 Å². The zero-order chi connectivity index (χ0) is 27.3. The Labute approximate surface area is 226 Å². The van der Waals surface area contributed by atoms with E-state index in [0.29, 0.717) is 37.1 Å². The third-order valence-electron chi connectivity index (χ3n) is 7.19. The van der Waals surface area contributed by atoms with Crippen molar-refractivity contribution in [2.45, 2.75) is 118 Å². The van der Waals surface area contributed by atoms with Crippen LogP contribution in [-0.2, 0) is 16.0 Å². The van der Waals surface area contributed by atoms with Gasteiger partial charge in [-0.05, 0) is 62.1 Å². The highest BCUT2D eigenvalue weighted by molar-refractivity contribution is 6.40. The second-order valence-electron chi connectivity index (χ2n) is 11.7. The lowest BCUT2D eigenvalue weighted by Gasteiger charge is -2.33. The predicted octanol–water partition coefficient (Wildman–Crippen LogP) is 6.63. The Morgan fingerprint density at radius 3 is 2.05 bits per heavy atom. The van der Waals surface area contributed by atoms with Crippen molar-refractivity contribution in [2.75, 3.05) is 18.1 Å². The number of nitrogens with one attached hydrogen (secondary N) is 2. The van der Waals surface area contributed by atoms with Crippen molar-refractivity contribution in [3.63, 3.8) is 0 Å². The number of aryl methyl sites for hydroxylation is 1.